The van der Waals surface area contributed by atoms with Gasteiger partial charge in [-0.25, -0.2) is 24.7 Å². The van der Waals surface area contributed by atoms with Crippen LogP contribution in [0.15, 0.2) is 22.9 Å². The molecule has 2 saturated heterocycles. The fraction of sp³-hybridized carbons (Fsp3) is 0.636. The number of rotatable bonds is 35. The van der Waals surface area contributed by atoms with Gasteiger partial charge in [0, 0.05) is 62.2 Å². The molecule has 40 nitrogen and oxygen atoms in total. The first-order valence-electron chi connectivity index (χ1n) is 30.2. The van der Waals surface area contributed by atoms with E-state index in [9.17, 15) is 69.6 Å². The summed E-state index contributed by atoms with van der Waals surface area (Å²) in [5.74, 6) is -8.70. The number of amidine groups is 1. The number of carbonyl (C=O) groups is 8. The molecule has 28 N–H and O–H groups in total. The van der Waals surface area contributed by atoms with Gasteiger partial charge in [-0.1, -0.05) is 6.92 Å². The smallest absolute Gasteiger partial charge is 0.404 e. The summed E-state index contributed by atoms with van der Waals surface area (Å²) >= 11 is 2.63. The molecule has 0 bridgehead atoms. The predicted molar refractivity (Wildman–Crippen MR) is 338 cm³/mol. The van der Waals surface area contributed by atoms with Crippen LogP contribution in [0.3, 0.4) is 0 Å². The molecule has 0 spiro atoms. The van der Waals surface area contributed by atoms with E-state index in [1.165, 1.54) is 57.7 Å². The van der Waals surface area contributed by atoms with Crippen LogP contribution in [0.2, 0.25) is 0 Å². The highest BCUT2D eigenvalue weighted by molar-refractivity contribution is 8.14. The molecule has 8 amide bonds. The monoisotopic (exact) mass is 1410 g/mol. The van der Waals surface area contributed by atoms with Crippen molar-refractivity contribution in [2.24, 2.45) is 39.6 Å². The SMILES string of the molecule is Cc1c(N)nc(C(CC(N)=O)NCC(N)C(N)=O)nc1C(=O)NC(C(=O)NC(CCO)C(O)C(C)C(=O)NC(C(=O)NCCC1=NC(c2nc(C(=O)NCCC(=N)N)cs2)CS1)C(C)(C)O)C(OC1OC(C)C(O)C(O)C1OC1OC(CO)C(O)C(OC(N)=O)C1O)c1cnc[nH]1. The first-order chi connectivity index (χ1) is 45.6. The average Bonchev–Trinajstić information content (AvgIpc) is 1.18. The van der Waals surface area contributed by atoms with Gasteiger partial charge in [0.15, 0.2) is 18.7 Å². The molecule has 3 aromatic heterocycles. The number of ether oxygens (including phenoxy) is 5. The Bertz CT molecular complexity index is 3280. The van der Waals surface area contributed by atoms with Crippen molar-refractivity contribution in [1.82, 2.24) is 56.8 Å². The summed E-state index contributed by atoms with van der Waals surface area (Å²) in [6.45, 7) is 4.28. The molecule has 3 aliphatic rings. The number of nitrogens with two attached hydrogens (primary N) is 6. The zero-order chi connectivity index (χ0) is 71.9. The number of imidazole rings is 1. The molecule has 0 aliphatic carbocycles. The highest BCUT2D eigenvalue weighted by Crippen LogP contribution is 2.36. The summed E-state index contributed by atoms with van der Waals surface area (Å²) in [4.78, 5) is 132. The quantitative estimate of drug-likeness (QED) is 0.0192. The molecule has 19 atom stereocenters. The molecule has 97 heavy (non-hydrogen) atoms. The fourth-order valence-corrected chi connectivity index (χ4v) is 12.1. The second-order valence-corrected chi connectivity index (χ2v) is 25.5. The number of primary amides is 3. The standard InChI is InChI=1S/C55H85N19O21S2/c1-19-32(71-45(74-43(19)60)24(12-30(59)77)66-13-22(56)44(61)83)48(86)72-33(39(25-14-63-18-67-25)93-53-41(37(81)35(79)21(3)91-53)94-52-38(82)40(95-54(62)89)36(80)28(15-76)92-52)49(87)69-23(8-11-75)34(78)20(2)46(84)73-42(55(4,5)90)50(88)65-10-7-31-68-27(17-96-31)51-70-26(16-97-51)47(85)64-9-6-29(57)58/h14,16,18,20-24,27-28,33-42,52-53,66,75-76,78-82,90H,6-13,15,17,56H2,1-5H3,(H3,57,58)(H2,59,77)(H2,61,83)(H2,62,89)(H,63,67)(H,64,85)(H,65,88)(H,69,87)(H,72,86)(H,73,84)(H2,60,71,74). The van der Waals surface area contributed by atoms with Crippen molar-refractivity contribution in [1.29, 1.82) is 5.41 Å². The number of H-pyrrole nitrogens is 1. The number of aliphatic imine (C=N–C) groups is 1. The molecular weight excluding hydrogens is 1330 g/mol. The Balaban J connectivity index is 1.30. The van der Waals surface area contributed by atoms with Gasteiger partial charge in [-0.15, -0.1) is 23.1 Å². The minimum Gasteiger partial charge on any atom is -0.441 e. The van der Waals surface area contributed by atoms with Gasteiger partial charge in [0.25, 0.3) is 11.8 Å². The lowest BCUT2D eigenvalue weighted by atomic mass is 9.92. The lowest BCUT2D eigenvalue weighted by molar-refractivity contribution is -0.369. The molecule has 42 heteroatoms. The molecule has 0 aromatic carbocycles. The number of aromatic nitrogens is 5. The summed E-state index contributed by atoms with van der Waals surface area (Å²) < 4.78 is 29.0. The summed E-state index contributed by atoms with van der Waals surface area (Å²) in [6.07, 6.45) is -23.1. The number of aromatic amines is 1. The average molecular weight is 1410 g/mol. The number of nitrogens with zero attached hydrogens (tertiary/aromatic N) is 5. The van der Waals surface area contributed by atoms with Crippen LogP contribution in [0.1, 0.15) is 115 Å². The third-order valence-electron chi connectivity index (χ3n) is 15.6. The number of nitrogens with one attached hydrogen (secondary N) is 8. The zero-order valence-electron chi connectivity index (χ0n) is 53.2. The van der Waals surface area contributed by atoms with Gasteiger partial charge >= 0.3 is 6.09 Å². The number of anilines is 1. The van der Waals surface area contributed by atoms with Crippen LogP contribution in [0.25, 0.3) is 0 Å². The molecular formula is C55H85N19O21S2. The maximum absolute atomic E-state index is 15.4. The van der Waals surface area contributed by atoms with Gasteiger partial charge in [-0.2, -0.15) is 0 Å². The van der Waals surface area contributed by atoms with Crippen molar-refractivity contribution in [2.45, 2.75) is 176 Å². The molecule has 0 saturated carbocycles. The third kappa shape index (κ3) is 20.9. The minimum absolute atomic E-state index is 0.0261. The van der Waals surface area contributed by atoms with Crippen molar-refractivity contribution in [3.05, 3.63) is 51.4 Å². The van der Waals surface area contributed by atoms with E-state index in [1.54, 1.807) is 5.38 Å². The van der Waals surface area contributed by atoms with Crippen LogP contribution >= 0.6 is 23.1 Å². The highest BCUT2D eigenvalue weighted by Gasteiger charge is 2.53. The maximum atomic E-state index is 15.4. The number of carbonyl (C=O) groups excluding carboxylic acids is 8. The van der Waals surface area contributed by atoms with E-state index >= 15 is 9.59 Å². The summed E-state index contributed by atoms with van der Waals surface area (Å²) in [7, 11) is 0. The number of thioether (sulfide) groups is 1. The Kier molecular flexibility index (Phi) is 28.3. The van der Waals surface area contributed by atoms with E-state index in [0.29, 0.717) is 15.8 Å². The van der Waals surface area contributed by atoms with E-state index in [0.717, 1.165) is 12.5 Å². The van der Waals surface area contributed by atoms with Gasteiger partial charge in [-0.3, -0.25) is 44.0 Å². The number of thiazole rings is 1. The molecule has 2 fully saturated rings. The Morgan fingerprint density at radius 3 is 2.22 bits per heavy atom. The van der Waals surface area contributed by atoms with Gasteiger partial charge in [0.05, 0.1) is 77.6 Å². The molecule has 0 radical (unpaired) electrons. The first kappa shape index (κ1) is 78.2. The number of hydrogen-bond donors (Lipinski definition) is 22. The number of amides is 8. The molecule has 6 rings (SSSR count). The Morgan fingerprint density at radius 2 is 1.60 bits per heavy atom. The van der Waals surface area contributed by atoms with Crippen molar-refractivity contribution in [2.75, 3.05) is 44.3 Å². The van der Waals surface area contributed by atoms with E-state index < -0.39 is 201 Å². The van der Waals surface area contributed by atoms with E-state index in [2.05, 4.69) is 61.8 Å². The van der Waals surface area contributed by atoms with Crippen molar-refractivity contribution in [3.63, 3.8) is 0 Å². The second-order valence-electron chi connectivity index (χ2n) is 23.5. The minimum atomic E-state index is -2.20. The second kappa shape index (κ2) is 35.1. The number of nitrogen functional groups attached to an aromatic ring is 1. The van der Waals surface area contributed by atoms with Crippen molar-refractivity contribution < 1.29 is 103 Å². The van der Waals surface area contributed by atoms with Gasteiger partial charge in [0.1, 0.15) is 88.9 Å². The van der Waals surface area contributed by atoms with Crippen molar-refractivity contribution in [3.8, 4) is 0 Å². The van der Waals surface area contributed by atoms with E-state index in [4.69, 9.17) is 63.5 Å². The molecule has 538 valence electrons. The molecule has 6 heterocycles. The summed E-state index contributed by atoms with van der Waals surface area (Å²) in [5, 5.41) is 115. The summed E-state index contributed by atoms with van der Waals surface area (Å²) in [6, 6.07) is -8.54. The number of hydrogen-bond acceptors (Lipinski definition) is 32. The highest BCUT2D eigenvalue weighted by atomic mass is 32.2. The van der Waals surface area contributed by atoms with Crippen molar-refractivity contribution >= 4 is 87.2 Å². The van der Waals surface area contributed by atoms with Gasteiger partial charge in [0.2, 0.25) is 29.5 Å². The normalized spacial score (nSPS) is 25.1. The Labute approximate surface area is 561 Å². The Morgan fingerprint density at radius 1 is 0.887 bits per heavy atom. The Hall–Kier alpha value is -7.79. The first-order valence-corrected chi connectivity index (χ1v) is 32.1. The zero-order valence-corrected chi connectivity index (χ0v) is 54.8. The maximum Gasteiger partial charge on any atom is 0.404 e. The topological polar surface area (TPSA) is 676 Å². The predicted octanol–water partition coefficient (Wildman–Crippen LogP) is -7.95. The van der Waals surface area contributed by atoms with E-state index in [1.807, 2.05) is 0 Å². The summed E-state index contributed by atoms with van der Waals surface area (Å²) in [5.41, 5.74) is 30.9. The van der Waals surface area contributed by atoms with Gasteiger partial charge in [-0.05, 0) is 34.1 Å². The molecule has 3 aromatic rings. The third-order valence-corrected chi connectivity index (χ3v) is 17.7. The molecule has 3 aliphatic heterocycles. The molecule has 19 unspecified atom stereocenters. The van der Waals surface area contributed by atoms with Crippen LogP contribution < -0.4 is 66.3 Å². The van der Waals surface area contributed by atoms with Crippen LogP contribution in [0.4, 0.5) is 10.6 Å². The fourth-order valence-electron chi connectivity index (χ4n) is 10.1. The van der Waals surface area contributed by atoms with Crippen LogP contribution in [-0.2, 0) is 47.7 Å². The van der Waals surface area contributed by atoms with E-state index in [-0.39, 0.29) is 66.9 Å². The lowest BCUT2D eigenvalue weighted by Gasteiger charge is -2.46. The number of aliphatic hydroxyl groups is 8. The van der Waals surface area contributed by atoms with Crippen LogP contribution in [0, 0.1) is 18.3 Å². The van der Waals surface area contributed by atoms with Crippen LogP contribution in [0.5, 0.6) is 0 Å². The number of aliphatic hydroxyl groups excluding tert-OH is 7. The van der Waals surface area contributed by atoms with Gasteiger partial charge < -0.3 is 136 Å². The van der Waals surface area contributed by atoms with Crippen LogP contribution in [-0.4, -0.2) is 260 Å². The largest absolute Gasteiger partial charge is 0.441 e. The lowest BCUT2D eigenvalue weighted by Crippen LogP contribution is -2.65.